The number of benzene rings is 1. The summed E-state index contributed by atoms with van der Waals surface area (Å²) in [6.07, 6.45) is 0. The van der Waals surface area contributed by atoms with Gasteiger partial charge in [0.1, 0.15) is 0 Å². The topological polar surface area (TPSA) is 87.7 Å². The lowest BCUT2D eigenvalue weighted by atomic mass is 10.2. The van der Waals surface area contributed by atoms with Crippen LogP contribution in [0.2, 0.25) is 5.02 Å². The molecular weight excluding hydrogens is 298 g/mol. The summed E-state index contributed by atoms with van der Waals surface area (Å²) < 4.78 is 10.7. The summed E-state index contributed by atoms with van der Waals surface area (Å²) in [5, 5.41) is 12.7. The standard InChI is InChI=1S/C14H18ClNO5/c1-8(2)7-21-13-10(15)4-9(5-11(13)20-3)14(19)16-6-12(17)18/h4-5,8H,6-7H2,1-3H3,(H,16,19)(H,17,18)/p-1. The molecule has 0 spiro atoms. The zero-order valence-electron chi connectivity index (χ0n) is 12.1. The molecule has 0 aliphatic carbocycles. The van der Waals surface area contributed by atoms with Gasteiger partial charge in [-0.1, -0.05) is 25.4 Å². The van der Waals surface area contributed by atoms with E-state index in [1.54, 1.807) is 0 Å². The molecule has 0 aliphatic heterocycles. The summed E-state index contributed by atoms with van der Waals surface area (Å²) in [6.45, 7) is 3.85. The number of carbonyl (C=O) groups excluding carboxylic acids is 2. The summed E-state index contributed by atoms with van der Waals surface area (Å²) >= 11 is 6.09. The Morgan fingerprint density at radius 3 is 2.57 bits per heavy atom. The molecule has 1 N–H and O–H groups in total. The molecule has 0 heterocycles. The van der Waals surface area contributed by atoms with Crippen LogP contribution >= 0.6 is 11.6 Å². The van der Waals surface area contributed by atoms with E-state index in [4.69, 9.17) is 21.1 Å². The number of hydrogen-bond donors (Lipinski definition) is 1. The molecule has 7 heteroatoms. The average Bonchev–Trinajstić information content (AvgIpc) is 2.42. The summed E-state index contributed by atoms with van der Waals surface area (Å²) in [6, 6.07) is 2.83. The molecule has 0 saturated carbocycles. The van der Waals surface area contributed by atoms with E-state index < -0.39 is 18.4 Å². The van der Waals surface area contributed by atoms with Crippen LogP contribution in [0.5, 0.6) is 11.5 Å². The third kappa shape index (κ3) is 5.15. The molecule has 1 aromatic rings. The van der Waals surface area contributed by atoms with Gasteiger partial charge in [-0.25, -0.2) is 0 Å². The van der Waals surface area contributed by atoms with Crippen molar-refractivity contribution in [3.05, 3.63) is 22.7 Å². The molecule has 0 radical (unpaired) electrons. The van der Waals surface area contributed by atoms with Crippen molar-refractivity contribution in [3.8, 4) is 11.5 Å². The van der Waals surface area contributed by atoms with Crippen molar-refractivity contribution in [2.75, 3.05) is 20.3 Å². The molecule has 0 saturated heterocycles. The second-order valence-electron chi connectivity index (χ2n) is 4.75. The summed E-state index contributed by atoms with van der Waals surface area (Å²) in [4.78, 5) is 22.1. The number of nitrogens with one attached hydrogen (secondary N) is 1. The highest BCUT2D eigenvalue weighted by Crippen LogP contribution is 2.36. The zero-order valence-corrected chi connectivity index (χ0v) is 12.8. The van der Waals surface area contributed by atoms with Crippen LogP contribution in [0.1, 0.15) is 24.2 Å². The Bertz CT molecular complexity index is 530. The number of hydrogen-bond acceptors (Lipinski definition) is 5. The molecule has 21 heavy (non-hydrogen) atoms. The Morgan fingerprint density at radius 1 is 1.38 bits per heavy atom. The van der Waals surface area contributed by atoms with Crippen molar-refractivity contribution in [3.63, 3.8) is 0 Å². The van der Waals surface area contributed by atoms with Crippen LogP contribution in [-0.2, 0) is 4.79 Å². The van der Waals surface area contributed by atoms with Gasteiger partial charge in [0.05, 0.1) is 31.3 Å². The number of carboxylic acid groups (broad SMARTS) is 1. The second kappa shape index (κ2) is 7.73. The molecule has 0 fully saturated rings. The van der Waals surface area contributed by atoms with Gasteiger partial charge in [0.15, 0.2) is 11.5 Å². The number of carbonyl (C=O) groups is 2. The number of carboxylic acids is 1. The van der Waals surface area contributed by atoms with Crippen LogP contribution in [0, 0.1) is 5.92 Å². The zero-order chi connectivity index (χ0) is 16.0. The summed E-state index contributed by atoms with van der Waals surface area (Å²) in [5.41, 5.74) is 0.176. The maximum absolute atomic E-state index is 11.8. The van der Waals surface area contributed by atoms with E-state index in [9.17, 15) is 14.7 Å². The largest absolute Gasteiger partial charge is 0.548 e. The fraction of sp³-hybridized carbons (Fsp3) is 0.429. The highest BCUT2D eigenvalue weighted by Gasteiger charge is 2.16. The smallest absolute Gasteiger partial charge is 0.251 e. The van der Waals surface area contributed by atoms with Crippen molar-refractivity contribution in [1.29, 1.82) is 0 Å². The maximum Gasteiger partial charge on any atom is 0.251 e. The molecule has 0 atom stereocenters. The number of ether oxygens (including phenoxy) is 2. The molecule has 6 nitrogen and oxygen atoms in total. The van der Waals surface area contributed by atoms with Crippen LogP contribution in [0.4, 0.5) is 0 Å². The van der Waals surface area contributed by atoms with Crippen LogP contribution in [0.3, 0.4) is 0 Å². The SMILES string of the molecule is COc1cc(C(=O)NCC(=O)[O-])cc(Cl)c1OCC(C)C. The first-order valence-electron chi connectivity index (χ1n) is 6.33. The molecule has 0 aromatic heterocycles. The maximum atomic E-state index is 11.8. The van der Waals surface area contributed by atoms with Gasteiger partial charge in [-0.05, 0) is 18.1 Å². The molecule has 0 aliphatic rings. The fourth-order valence-electron chi connectivity index (χ4n) is 1.50. The number of amides is 1. The van der Waals surface area contributed by atoms with E-state index >= 15 is 0 Å². The third-order valence-electron chi connectivity index (χ3n) is 2.45. The van der Waals surface area contributed by atoms with Crippen molar-refractivity contribution >= 4 is 23.5 Å². The first-order chi connectivity index (χ1) is 9.85. The van der Waals surface area contributed by atoms with Crippen molar-refractivity contribution in [1.82, 2.24) is 5.32 Å². The average molecular weight is 315 g/mol. The molecule has 1 rings (SSSR count). The monoisotopic (exact) mass is 314 g/mol. The summed E-state index contributed by atoms with van der Waals surface area (Å²) in [7, 11) is 1.43. The van der Waals surface area contributed by atoms with Gasteiger partial charge >= 0.3 is 0 Å². The number of methoxy groups -OCH3 is 1. The predicted molar refractivity (Wildman–Crippen MR) is 75.7 cm³/mol. The van der Waals surface area contributed by atoms with Gasteiger partial charge in [0, 0.05) is 5.56 Å². The van der Waals surface area contributed by atoms with E-state index in [-0.39, 0.29) is 10.6 Å². The van der Waals surface area contributed by atoms with Gasteiger partial charge in [-0.3, -0.25) is 4.79 Å². The Morgan fingerprint density at radius 2 is 2.05 bits per heavy atom. The Balaban J connectivity index is 2.97. The fourth-order valence-corrected chi connectivity index (χ4v) is 1.76. The number of rotatable bonds is 7. The second-order valence-corrected chi connectivity index (χ2v) is 5.16. The Kier molecular flexibility index (Phi) is 6.30. The van der Waals surface area contributed by atoms with Crippen molar-refractivity contribution in [2.24, 2.45) is 5.92 Å². The minimum Gasteiger partial charge on any atom is -0.548 e. The lowest BCUT2D eigenvalue weighted by Gasteiger charge is -2.15. The normalized spacial score (nSPS) is 10.3. The minimum atomic E-state index is -1.38. The van der Waals surface area contributed by atoms with Gasteiger partial charge in [-0.2, -0.15) is 0 Å². The highest BCUT2D eigenvalue weighted by atomic mass is 35.5. The number of halogens is 1. The lowest BCUT2D eigenvalue weighted by molar-refractivity contribution is -0.303. The molecule has 1 aromatic carbocycles. The van der Waals surface area contributed by atoms with Crippen LogP contribution in [0.25, 0.3) is 0 Å². The van der Waals surface area contributed by atoms with E-state index in [1.165, 1.54) is 19.2 Å². The molecule has 116 valence electrons. The van der Waals surface area contributed by atoms with E-state index in [0.29, 0.717) is 24.0 Å². The third-order valence-corrected chi connectivity index (χ3v) is 2.73. The van der Waals surface area contributed by atoms with Gasteiger partial charge in [0.2, 0.25) is 0 Å². The van der Waals surface area contributed by atoms with E-state index in [0.717, 1.165) is 0 Å². The van der Waals surface area contributed by atoms with E-state index in [1.807, 2.05) is 13.8 Å². The van der Waals surface area contributed by atoms with Crippen LogP contribution in [-0.4, -0.2) is 32.1 Å². The summed E-state index contributed by atoms with van der Waals surface area (Å²) in [5.74, 6) is -1.00. The molecule has 0 unspecified atom stereocenters. The first kappa shape index (κ1) is 17.1. The molecule has 1 amide bonds. The van der Waals surface area contributed by atoms with Gasteiger partial charge in [0.25, 0.3) is 5.91 Å². The quantitative estimate of drug-likeness (QED) is 0.806. The van der Waals surface area contributed by atoms with Crippen LogP contribution < -0.4 is 19.9 Å². The lowest BCUT2D eigenvalue weighted by Crippen LogP contribution is -2.37. The molecule has 0 bridgehead atoms. The Labute approximate surface area is 128 Å². The molecular formula is C14H17ClNO5-. The van der Waals surface area contributed by atoms with Gasteiger partial charge in [-0.15, -0.1) is 0 Å². The first-order valence-corrected chi connectivity index (χ1v) is 6.71. The highest BCUT2D eigenvalue weighted by molar-refractivity contribution is 6.32. The number of aliphatic carboxylic acids is 1. The van der Waals surface area contributed by atoms with Crippen molar-refractivity contribution < 1.29 is 24.2 Å². The van der Waals surface area contributed by atoms with Gasteiger partial charge < -0.3 is 24.7 Å². The predicted octanol–water partition coefficient (Wildman–Crippen LogP) is 0.863. The van der Waals surface area contributed by atoms with Crippen LogP contribution in [0.15, 0.2) is 12.1 Å². The minimum absolute atomic E-state index is 0.176. The Hall–Kier alpha value is -1.95. The van der Waals surface area contributed by atoms with Crippen molar-refractivity contribution in [2.45, 2.75) is 13.8 Å². The van der Waals surface area contributed by atoms with E-state index in [2.05, 4.69) is 5.32 Å².